The van der Waals surface area contributed by atoms with E-state index in [9.17, 15) is 4.79 Å². The van der Waals surface area contributed by atoms with E-state index in [1.54, 1.807) is 6.92 Å². The van der Waals surface area contributed by atoms with Crippen LogP contribution in [0.4, 0.5) is 5.82 Å². The third-order valence-electron chi connectivity index (χ3n) is 5.12. The number of nitrogens with zero attached hydrogens (tertiary/aromatic N) is 5. The highest BCUT2D eigenvalue weighted by Crippen LogP contribution is 2.25. The van der Waals surface area contributed by atoms with Crippen LogP contribution in [0, 0.1) is 0 Å². The number of fused-ring (bicyclic) bond motifs is 1. The molecule has 0 atom stereocenters. The number of aromatic nitrogens is 2. The second-order valence-corrected chi connectivity index (χ2v) is 6.86. The topological polar surface area (TPSA) is 61.8 Å². The van der Waals surface area contributed by atoms with E-state index in [1.165, 1.54) is 0 Å². The van der Waals surface area contributed by atoms with E-state index in [1.807, 2.05) is 17.0 Å². The van der Waals surface area contributed by atoms with Crippen molar-refractivity contribution < 1.29 is 9.53 Å². The number of carbonyl (C=O) groups excluding carboxylic acids is 1. The van der Waals surface area contributed by atoms with Crippen molar-refractivity contribution in [3.63, 3.8) is 0 Å². The van der Waals surface area contributed by atoms with Crippen molar-refractivity contribution in [1.29, 1.82) is 0 Å². The molecule has 2 fully saturated rings. The van der Waals surface area contributed by atoms with E-state index >= 15 is 0 Å². The number of anilines is 1. The maximum absolute atomic E-state index is 11.6. The summed E-state index contributed by atoms with van der Waals surface area (Å²) < 4.78 is 5.43. The predicted octanol–water partition coefficient (Wildman–Crippen LogP) is 1.13. The Kier molecular flexibility index (Phi) is 4.99. The number of para-hydroxylation sites is 1. The van der Waals surface area contributed by atoms with Gasteiger partial charge in [-0.2, -0.15) is 0 Å². The zero-order valence-electron chi connectivity index (χ0n) is 15.2. The second-order valence-electron chi connectivity index (χ2n) is 6.86. The molecule has 0 aliphatic carbocycles. The first-order valence-corrected chi connectivity index (χ1v) is 9.27. The molecule has 7 heteroatoms. The van der Waals surface area contributed by atoms with E-state index < -0.39 is 0 Å². The molecule has 1 aromatic heterocycles. The van der Waals surface area contributed by atoms with E-state index in [2.05, 4.69) is 21.9 Å². The molecular formula is C19H25N5O2. The summed E-state index contributed by atoms with van der Waals surface area (Å²) in [4.78, 5) is 27.8. The normalized spacial score (nSPS) is 19.1. The Balaban J connectivity index is 1.61. The average Bonchev–Trinajstić information content (AvgIpc) is 2.68. The van der Waals surface area contributed by atoms with E-state index in [0.29, 0.717) is 0 Å². The van der Waals surface area contributed by atoms with Crippen LogP contribution in [0.15, 0.2) is 24.3 Å². The number of hydrogen-bond acceptors (Lipinski definition) is 6. The van der Waals surface area contributed by atoms with Crippen LogP contribution in [-0.4, -0.2) is 78.2 Å². The monoisotopic (exact) mass is 355 g/mol. The molecule has 2 aliphatic heterocycles. The first kappa shape index (κ1) is 17.2. The van der Waals surface area contributed by atoms with Crippen LogP contribution in [0.25, 0.3) is 10.9 Å². The maximum Gasteiger partial charge on any atom is 0.219 e. The molecule has 0 unspecified atom stereocenters. The second kappa shape index (κ2) is 7.55. The van der Waals surface area contributed by atoms with Gasteiger partial charge < -0.3 is 14.5 Å². The average molecular weight is 355 g/mol. The Morgan fingerprint density at radius 2 is 1.77 bits per heavy atom. The predicted molar refractivity (Wildman–Crippen MR) is 100 cm³/mol. The molecule has 4 rings (SSSR count). The molecule has 2 aliphatic rings. The minimum absolute atomic E-state index is 0.144. The quantitative estimate of drug-likeness (QED) is 0.823. The molecule has 0 radical (unpaired) electrons. The molecule has 1 aromatic carbocycles. The van der Waals surface area contributed by atoms with E-state index in [4.69, 9.17) is 14.7 Å². The minimum atomic E-state index is 0.144. The van der Waals surface area contributed by atoms with Crippen molar-refractivity contribution in [2.75, 3.05) is 57.4 Å². The van der Waals surface area contributed by atoms with Crippen LogP contribution < -0.4 is 4.90 Å². The Bertz CT molecular complexity index is 783. The number of hydrogen-bond donors (Lipinski definition) is 0. The third-order valence-corrected chi connectivity index (χ3v) is 5.12. The highest BCUT2D eigenvalue weighted by molar-refractivity contribution is 5.89. The van der Waals surface area contributed by atoms with Crippen LogP contribution in [-0.2, 0) is 16.1 Å². The zero-order valence-corrected chi connectivity index (χ0v) is 15.2. The lowest BCUT2D eigenvalue weighted by Crippen LogP contribution is -2.48. The molecule has 0 spiro atoms. The van der Waals surface area contributed by atoms with Gasteiger partial charge in [-0.05, 0) is 12.1 Å². The number of amides is 1. The van der Waals surface area contributed by atoms with Crippen molar-refractivity contribution in [1.82, 2.24) is 19.8 Å². The summed E-state index contributed by atoms with van der Waals surface area (Å²) in [7, 11) is 0. The lowest BCUT2D eigenvalue weighted by atomic mass is 10.2. The molecule has 26 heavy (non-hydrogen) atoms. The number of piperazine rings is 1. The van der Waals surface area contributed by atoms with Gasteiger partial charge >= 0.3 is 0 Å². The molecule has 1 amide bonds. The molecule has 138 valence electrons. The number of ether oxygens (including phenoxy) is 1. The molecule has 7 nitrogen and oxygen atoms in total. The van der Waals surface area contributed by atoms with Gasteiger partial charge in [0.15, 0.2) is 0 Å². The molecule has 2 saturated heterocycles. The fourth-order valence-electron chi connectivity index (χ4n) is 3.61. The van der Waals surface area contributed by atoms with E-state index in [-0.39, 0.29) is 5.91 Å². The molecule has 0 saturated carbocycles. The molecule has 3 heterocycles. The highest BCUT2D eigenvalue weighted by atomic mass is 16.5. The number of rotatable bonds is 3. The van der Waals surface area contributed by atoms with Gasteiger partial charge in [0.2, 0.25) is 5.91 Å². The van der Waals surface area contributed by atoms with Crippen LogP contribution in [0.3, 0.4) is 0 Å². The van der Waals surface area contributed by atoms with Crippen LogP contribution in [0.2, 0.25) is 0 Å². The summed E-state index contributed by atoms with van der Waals surface area (Å²) in [6.45, 7) is 8.85. The van der Waals surface area contributed by atoms with Gasteiger partial charge in [0.05, 0.1) is 25.3 Å². The fourth-order valence-corrected chi connectivity index (χ4v) is 3.61. The van der Waals surface area contributed by atoms with Gasteiger partial charge in [-0.1, -0.05) is 12.1 Å². The van der Waals surface area contributed by atoms with Gasteiger partial charge in [0, 0.05) is 51.6 Å². The van der Waals surface area contributed by atoms with E-state index in [0.717, 1.165) is 81.6 Å². The van der Waals surface area contributed by atoms with Crippen molar-refractivity contribution in [2.24, 2.45) is 0 Å². The van der Waals surface area contributed by atoms with Gasteiger partial charge in [0.1, 0.15) is 11.6 Å². The van der Waals surface area contributed by atoms with Crippen molar-refractivity contribution >= 4 is 22.6 Å². The van der Waals surface area contributed by atoms with Crippen molar-refractivity contribution in [3.8, 4) is 0 Å². The lowest BCUT2D eigenvalue weighted by molar-refractivity contribution is -0.129. The van der Waals surface area contributed by atoms with Gasteiger partial charge in [-0.25, -0.2) is 9.97 Å². The smallest absolute Gasteiger partial charge is 0.219 e. The van der Waals surface area contributed by atoms with Gasteiger partial charge in [-0.3, -0.25) is 9.69 Å². The third kappa shape index (κ3) is 3.64. The summed E-state index contributed by atoms with van der Waals surface area (Å²) in [6.07, 6.45) is 0. The van der Waals surface area contributed by atoms with Gasteiger partial charge in [0.25, 0.3) is 0 Å². The number of morpholine rings is 1. The molecular weight excluding hydrogens is 330 g/mol. The first-order chi connectivity index (χ1) is 12.7. The first-order valence-electron chi connectivity index (χ1n) is 9.27. The summed E-state index contributed by atoms with van der Waals surface area (Å²) in [5, 5.41) is 1.08. The number of carbonyl (C=O) groups is 1. The van der Waals surface area contributed by atoms with Crippen molar-refractivity contribution in [2.45, 2.75) is 13.5 Å². The Labute approximate surface area is 153 Å². The summed E-state index contributed by atoms with van der Waals surface area (Å²) in [5.74, 6) is 1.99. The lowest BCUT2D eigenvalue weighted by Gasteiger charge is -2.35. The minimum Gasteiger partial charge on any atom is -0.379 e. The van der Waals surface area contributed by atoms with Crippen LogP contribution >= 0.6 is 0 Å². The number of benzene rings is 1. The summed E-state index contributed by atoms with van der Waals surface area (Å²) >= 11 is 0. The van der Waals surface area contributed by atoms with Crippen LogP contribution in [0.5, 0.6) is 0 Å². The zero-order chi connectivity index (χ0) is 17.9. The summed E-state index contributed by atoms with van der Waals surface area (Å²) in [5.41, 5.74) is 0.981. The Morgan fingerprint density at radius 1 is 1.04 bits per heavy atom. The van der Waals surface area contributed by atoms with Crippen LogP contribution in [0.1, 0.15) is 12.7 Å². The SMILES string of the molecule is CC(=O)N1CCN(c2nc(CN3CCOCC3)nc3ccccc23)CC1. The Hall–Kier alpha value is -2.25. The largest absolute Gasteiger partial charge is 0.379 e. The van der Waals surface area contributed by atoms with Crippen molar-refractivity contribution in [3.05, 3.63) is 30.1 Å². The molecule has 2 aromatic rings. The summed E-state index contributed by atoms with van der Waals surface area (Å²) in [6, 6.07) is 8.18. The maximum atomic E-state index is 11.6. The van der Waals surface area contributed by atoms with Gasteiger partial charge in [-0.15, -0.1) is 0 Å². The highest BCUT2D eigenvalue weighted by Gasteiger charge is 2.22. The standard InChI is InChI=1S/C19H25N5O2/c1-15(25)23-6-8-24(9-7-23)19-16-4-2-3-5-17(16)20-18(21-19)14-22-10-12-26-13-11-22/h2-5H,6-14H2,1H3. The molecule has 0 N–H and O–H groups in total. The molecule has 0 bridgehead atoms. The Morgan fingerprint density at radius 3 is 2.50 bits per heavy atom. The fraction of sp³-hybridized carbons (Fsp3) is 0.526.